The zero-order chi connectivity index (χ0) is 7.72. The Kier molecular flexibility index (Phi) is 1.80. The second-order valence-electron chi connectivity index (χ2n) is 1.98. The van der Waals surface area contributed by atoms with Gasteiger partial charge in [-0.3, -0.25) is 0 Å². The minimum Gasteiger partial charge on any atom is -0.505 e. The fourth-order valence-electron chi connectivity index (χ4n) is 0.576. The highest BCUT2D eigenvalue weighted by molar-refractivity contribution is 9.10. The topological polar surface area (TPSA) is 59.1 Å². The van der Waals surface area contributed by atoms with Crippen molar-refractivity contribution in [1.82, 2.24) is 4.98 Å². The SMILES string of the molecule is Cc1c(N)cnc(Br)c1O. The molecular formula is C6H7BrN2O. The number of pyridine rings is 1. The molecule has 0 aliphatic heterocycles. The Labute approximate surface area is 67.0 Å². The van der Waals surface area contributed by atoms with E-state index in [2.05, 4.69) is 20.9 Å². The van der Waals surface area contributed by atoms with E-state index >= 15 is 0 Å². The predicted octanol–water partition coefficient (Wildman–Crippen LogP) is 1.44. The lowest BCUT2D eigenvalue weighted by atomic mass is 10.2. The van der Waals surface area contributed by atoms with Crippen LogP contribution in [0, 0.1) is 6.92 Å². The first-order valence-electron chi connectivity index (χ1n) is 2.72. The van der Waals surface area contributed by atoms with Gasteiger partial charge in [0.05, 0.1) is 11.9 Å². The molecule has 0 saturated carbocycles. The van der Waals surface area contributed by atoms with Gasteiger partial charge in [-0.05, 0) is 22.9 Å². The van der Waals surface area contributed by atoms with Gasteiger partial charge >= 0.3 is 0 Å². The van der Waals surface area contributed by atoms with Crippen LogP contribution in [0.3, 0.4) is 0 Å². The highest BCUT2D eigenvalue weighted by Crippen LogP contribution is 2.27. The first-order chi connectivity index (χ1) is 4.63. The number of nitrogen functional groups attached to an aromatic ring is 1. The van der Waals surface area contributed by atoms with Crippen LogP contribution in [-0.4, -0.2) is 10.1 Å². The summed E-state index contributed by atoms with van der Waals surface area (Å²) in [7, 11) is 0. The molecule has 3 N–H and O–H groups in total. The molecule has 1 heterocycles. The fourth-order valence-corrected chi connectivity index (χ4v) is 0.975. The molecule has 1 aromatic heterocycles. The van der Waals surface area contributed by atoms with Crippen LogP contribution in [0.4, 0.5) is 5.69 Å². The Morgan fingerprint density at radius 3 is 2.80 bits per heavy atom. The van der Waals surface area contributed by atoms with E-state index in [1.165, 1.54) is 6.20 Å². The molecule has 3 nitrogen and oxygen atoms in total. The van der Waals surface area contributed by atoms with E-state index in [9.17, 15) is 5.11 Å². The van der Waals surface area contributed by atoms with Crippen molar-refractivity contribution in [2.24, 2.45) is 0 Å². The maximum atomic E-state index is 9.20. The zero-order valence-electron chi connectivity index (χ0n) is 5.43. The molecule has 0 saturated heterocycles. The number of halogens is 1. The standard InChI is InChI=1S/C6H7BrN2O/c1-3-4(8)2-9-6(7)5(3)10/h2,10H,8H2,1H3. The normalized spacial score (nSPS) is 9.80. The molecule has 0 fully saturated rings. The van der Waals surface area contributed by atoms with Crippen LogP contribution in [0.2, 0.25) is 0 Å². The summed E-state index contributed by atoms with van der Waals surface area (Å²) in [5, 5.41) is 9.20. The monoisotopic (exact) mass is 202 g/mol. The van der Waals surface area contributed by atoms with Crippen molar-refractivity contribution >= 4 is 21.6 Å². The summed E-state index contributed by atoms with van der Waals surface area (Å²) in [5.41, 5.74) is 6.60. The minimum atomic E-state index is 0.111. The van der Waals surface area contributed by atoms with Gasteiger partial charge in [0.2, 0.25) is 0 Å². The number of nitrogens with two attached hydrogens (primary N) is 1. The van der Waals surface area contributed by atoms with E-state index < -0.39 is 0 Å². The Balaban J connectivity index is 3.34. The Morgan fingerprint density at radius 2 is 2.30 bits per heavy atom. The van der Waals surface area contributed by atoms with Gasteiger partial charge in [-0.15, -0.1) is 0 Å². The Morgan fingerprint density at radius 1 is 1.70 bits per heavy atom. The molecule has 0 spiro atoms. The lowest BCUT2D eigenvalue weighted by molar-refractivity contribution is 0.465. The van der Waals surface area contributed by atoms with Crippen LogP contribution < -0.4 is 5.73 Å². The molecule has 0 radical (unpaired) electrons. The number of aromatic nitrogens is 1. The van der Waals surface area contributed by atoms with Crippen LogP contribution in [0.25, 0.3) is 0 Å². The first kappa shape index (κ1) is 7.34. The minimum absolute atomic E-state index is 0.111. The Hall–Kier alpha value is -0.770. The number of aromatic hydroxyl groups is 1. The lowest BCUT2D eigenvalue weighted by Gasteiger charge is -2.02. The molecule has 0 aliphatic carbocycles. The van der Waals surface area contributed by atoms with Crippen molar-refractivity contribution < 1.29 is 5.11 Å². The van der Waals surface area contributed by atoms with Gasteiger partial charge in [0.1, 0.15) is 4.60 Å². The van der Waals surface area contributed by atoms with Crippen molar-refractivity contribution in [2.45, 2.75) is 6.92 Å². The van der Waals surface area contributed by atoms with E-state index in [0.29, 0.717) is 15.9 Å². The van der Waals surface area contributed by atoms with Gasteiger partial charge in [-0.25, -0.2) is 4.98 Å². The predicted molar refractivity (Wildman–Crippen MR) is 42.8 cm³/mol. The van der Waals surface area contributed by atoms with Crippen LogP contribution in [0.5, 0.6) is 5.75 Å². The number of anilines is 1. The quantitative estimate of drug-likeness (QED) is 0.627. The third-order valence-corrected chi connectivity index (χ3v) is 1.88. The third kappa shape index (κ3) is 1.07. The maximum absolute atomic E-state index is 9.20. The van der Waals surface area contributed by atoms with E-state index in [0.717, 1.165) is 0 Å². The zero-order valence-corrected chi connectivity index (χ0v) is 7.01. The van der Waals surface area contributed by atoms with Crippen LogP contribution >= 0.6 is 15.9 Å². The molecule has 0 bridgehead atoms. The smallest absolute Gasteiger partial charge is 0.153 e. The second-order valence-corrected chi connectivity index (χ2v) is 2.73. The van der Waals surface area contributed by atoms with Crippen molar-refractivity contribution in [2.75, 3.05) is 5.73 Å². The van der Waals surface area contributed by atoms with E-state index in [1.54, 1.807) is 6.92 Å². The average molecular weight is 203 g/mol. The number of hydrogen-bond acceptors (Lipinski definition) is 3. The summed E-state index contributed by atoms with van der Waals surface area (Å²) in [6.07, 6.45) is 1.50. The lowest BCUT2D eigenvalue weighted by Crippen LogP contribution is -1.91. The van der Waals surface area contributed by atoms with E-state index in [1.807, 2.05) is 0 Å². The van der Waals surface area contributed by atoms with E-state index in [-0.39, 0.29) is 5.75 Å². The van der Waals surface area contributed by atoms with Crippen LogP contribution in [-0.2, 0) is 0 Å². The van der Waals surface area contributed by atoms with Gasteiger partial charge < -0.3 is 10.8 Å². The number of rotatable bonds is 0. The molecule has 1 rings (SSSR count). The highest BCUT2D eigenvalue weighted by Gasteiger charge is 2.04. The first-order valence-corrected chi connectivity index (χ1v) is 3.51. The molecule has 4 heteroatoms. The summed E-state index contributed by atoms with van der Waals surface area (Å²) < 4.78 is 0.430. The molecule has 0 aliphatic rings. The second kappa shape index (κ2) is 2.46. The van der Waals surface area contributed by atoms with Crippen molar-refractivity contribution in [1.29, 1.82) is 0 Å². The molecule has 0 aromatic carbocycles. The summed E-state index contributed by atoms with van der Waals surface area (Å²) in [6, 6.07) is 0. The summed E-state index contributed by atoms with van der Waals surface area (Å²) in [4.78, 5) is 3.78. The van der Waals surface area contributed by atoms with Crippen molar-refractivity contribution in [3.8, 4) is 5.75 Å². The molecule has 10 heavy (non-hydrogen) atoms. The van der Waals surface area contributed by atoms with Gasteiger partial charge in [-0.1, -0.05) is 0 Å². The molecule has 0 atom stereocenters. The highest BCUT2D eigenvalue weighted by atomic mass is 79.9. The van der Waals surface area contributed by atoms with Gasteiger partial charge in [-0.2, -0.15) is 0 Å². The largest absolute Gasteiger partial charge is 0.505 e. The van der Waals surface area contributed by atoms with Gasteiger partial charge in [0.25, 0.3) is 0 Å². The number of nitrogens with zero attached hydrogens (tertiary/aromatic N) is 1. The molecule has 0 unspecified atom stereocenters. The molecular weight excluding hydrogens is 196 g/mol. The van der Waals surface area contributed by atoms with E-state index in [4.69, 9.17) is 5.73 Å². The summed E-state index contributed by atoms with van der Waals surface area (Å²) >= 11 is 3.06. The van der Waals surface area contributed by atoms with Gasteiger partial charge in [0, 0.05) is 5.56 Å². The van der Waals surface area contributed by atoms with Crippen LogP contribution in [0.15, 0.2) is 10.8 Å². The fraction of sp³-hybridized carbons (Fsp3) is 0.167. The third-order valence-electron chi connectivity index (χ3n) is 1.30. The molecule has 1 aromatic rings. The van der Waals surface area contributed by atoms with Crippen molar-refractivity contribution in [3.05, 3.63) is 16.4 Å². The number of hydrogen-bond donors (Lipinski definition) is 2. The average Bonchev–Trinajstić information content (AvgIpc) is 1.93. The maximum Gasteiger partial charge on any atom is 0.153 e. The van der Waals surface area contributed by atoms with Crippen LogP contribution in [0.1, 0.15) is 5.56 Å². The summed E-state index contributed by atoms with van der Waals surface area (Å²) in [6.45, 7) is 1.73. The van der Waals surface area contributed by atoms with Crippen molar-refractivity contribution in [3.63, 3.8) is 0 Å². The summed E-state index contributed by atoms with van der Waals surface area (Å²) in [5.74, 6) is 0.111. The molecule has 0 amide bonds. The molecule has 54 valence electrons. The Bertz CT molecular complexity index is 235. The van der Waals surface area contributed by atoms with Gasteiger partial charge in [0.15, 0.2) is 5.75 Å².